The first-order valence-electron chi connectivity index (χ1n) is 4.92. The molecule has 1 saturated carbocycles. The van der Waals surface area contributed by atoms with Crippen molar-refractivity contribution in [2.24, 2.45) is 5.73 Å². The van der Waals surface area contributed by atoms with E-state index in [4.69, 9.17) is 10.8 Å². The Bertz CT molecular complexity index is 400. The third-order valence-electron chi connectivity index (χ3n) is 3.26. The van der Waals surface area contributed by atoms with Crippen molar-refractivity contribution in [3.63, 3.8) is 0 Å². The Labute approximate surface area is 86.7 Å². The van der Waals surface area contributed by atoms with Gasteiger partial charge >= 0.3 is 0 Å². The molecule has 1 aromatic carbocycles. The molecule has 1 aromatic rings. The lowest BCUT2D eigenvalue weighted by Crippen LogP contribution is -2.32. The van der Waals surface area contributed by atoms with Crippen LogP contribution in [-0.2, 0) is 5.41 Å². The number of phenolic OH excluding ortho intramolecular Hbond substituents is 1. The number of nitrogens with two attached hydrogens (primary N) is 1. The number of hydrogen-bond donors (Lipinski definition) is 2. The largest absolute Gasteiger partial charge is 0.505 e. The number of hydrogen-bond acceptors (Lipinski definition) is 2. The Balaban J connectivity index is 2.51. The number of benzene rings is 1. The molecule has 0 saturated heterocycles. The standard InChI is InChI=1S/C11H13F2NO/c1-6(14)11(4-5-11)7-2-3-8(15)10(13)9(7)12/h2-3,6,15H,4-5,14H2,1H3. The van der Waals surface area contributed by atoms with Crippen LogP contribution in [0.2, 0.25) is 0 Å². The van der Waals surface area contributed by atoms with E-state index in [0.29, 0.717) is 0 Å². The van der Waals surface area contributed by atoms with Crippen LogP contribution in [0, 0.1) is 11.6 Å². The highest BCUT2D eigenvalue weighted by Gasteiger charge is 2.49. The van der Waals surface area contributed by atoms with Crippen molar-refractivity contribution in [2.75, 3.05) is 0 Å². The maximum absolute atomic E-state index is 13.6. The molecule has 0 radical (unpaired) electrons. The molecular formula is C11H13F2NO. The highest BCUT2D eigenvalue weighted by atomic mass is 19.2. The van der Waals surface area contributed by atoms with Gasteiger partial charge in [0.25, 0.3) is 0 Å². The van der Waals surface area contributed by atoms with Gasteiger partial charge < -0.3 is 10.8 Å². The van der Waals surface area contributed by atoms with Crippen molar-refractivity contribution in [1.82, 2.24) is 0 Å². The lowest BCUT2D eigenvalue weighted by Gasteiger charge is -2.20. The van der Waals surface area contributed by atoms with Crippen LogP contribution in [0.15, 0.2) is 12.1 Å². The van der Waals surface area contributed by atoms with Gasteiger partial charge in [0.05, 0.1) is 0 Å². The summed E-state index contributed by atoms with van der Waals surface area (Å²) in [6, 6.07) is 2.39. The van der Waals surface area contributed by atoms with Crippen LogP contribution in [0.25, 0.3) is 0 Å². The fraction of sp³-hybridized carbons (Fsp3) is 0.455. The molecule has 2 nitrogen and oxygen atoms in total. The molecule has 1 atom stereocenters. The first kappa shape index (κ1) is 10.4. The van der Waals surface area contributed by atoms with Crippen LogP contribution in [0.1, 0.15) is 25.3 Å². The van der Waals surface area contributed by atoms with Crippen molar-refractivity contribution in [1.29, 1.82) is 0 Å². The molecule has 1 aliphatic carbocycles. The van der Waals surface area contributed by atoms with Gasteiger partial charge in [-0.25, -0.2) is 4.39 Å². The summed E-state index contributed by atoms with van der Waals surface area (Å²) in [5.74, 6) is -2.80. The summed E-state index contributed by atoms with van der Waals surface area (Å²) >= 11 is 0. The van der Waals surface area contributed by atoms with Crippen molar-refractivity contribution in [3.8, 4) is 5.75 Å². The van der Waals surface area contributed by atoms with E-state index in [1.165, 1.54) is 12.1 Å². The second-order valence-corrected chi connectivity index (χ2v) is 4.21. The van der Waals surface area contributed by atoms with Gasteiger partial charge in [0, 0.05) is 11.5 Å². The van der Waals surface area contributed by atoms with Crippen LogP contribution in [0.4, 0.5) is 8.78 Å². The average Bonchev–Trinajstić information content (AvgIpc) is 2.95. The highest BCUT2D eigenvalue weighted by Crippen LogP contribution is 2.51. The Morgan fingerprint density at radius 1 is 1.33 bits per heavy atom. The van der Waals surface area contributed by atoms with Crippen LogP contribution in [0.3, 0.4) is 0 Å². The van der Waals surface area contributed by atoms with Gasteiger partial charge in [-0.15, -0.1) is 0 Å². The van der Waals surface area contributed by atoms with Crippen molar-refractivity contribution >= 4 is 0 Å². The molecule has 0 bridgehead atoms. The lowest BCUT2D eigenvalue weighted by molar-refractivity contribution is 0.396. The third-order valence-corrected chi connectivity index (χ3v) is 3.26. The highest BCUT2D eigenvalue weighted by molar-refractivity contribution is 5.39. The van der Waals surface area contributed by atoms with E-state index in [1.54, 1.807) is 6.92 Å². The van der Waals surface area contributed by atoms with Crippen molar-refractivity contribution in [2.45, 2.75) is 31.2 Å². The van der Waals surface area contributed by atoms with Crippen LogP contribution >= 0.6 is 0 Å². The van der Waals surface area contributed by atoms with Gasteiger partial charge in [-0.3, -0.25) is 0 Å². The van der Waals surface area contributed by atoms with E-state index >= 15 is 0 Å². The van der Waals surface area contributed by atoms with Gasteiger partial charge in [0.2, 0.25) is 5.82 Å². The zero-order valence-corrected chi connectivity index (χ0v) is 8.43. The SMILES string of the molecule is CC(N)C1(c2ccc(O)c(F)c2F)CC1. The summed E-state index contributed by atoms with van der Waals surface area (Å²) in [5.41, 5.74) is 5.62. The number of phenols is 1. The minimum atomic E-state index is -1.18. The Morgan fingerprint density at radius 2 is 1.93 bits per heavy atom. The maximum atomic E-state index is 13.6. The molecule has 4 heteroatoms. The van der Waals surface area contributed by atoms with E-state index in [-0.39, 0.29) is 11.6 Å². The minimum absolute atomic E-state index is 0.212. The fourth-order valence-electron chi connectivity index (χ4n) is 2.03. The topological polar surface area (TPSA) is 46.2 Å². The zero-order valence-electron chi connectivity index (χ0n) is 8.43. The number of halogens is 2. The molecule has 82 valence electrons. The molecule has 0 heterocycles. The summed E-state index contributed by atoms with van der Waals surface area (Å²) < 4.78 is 26.7. The quantitative estimate of drug-likeness (QED) is 0.789. The molecule has 0 aromatic heterocycles. The first-order chi connectivity index (χ1) is 6.99. The van der Waals surface area contributed by atoms with Crippen molar-refractivity contribution in [3.05, 3.63) is 29.3 Å². The molecule has 0 amide bonds. The predicted molar refractivity (Wildman–Crippen MR) is 52.6 cm³/mol. The van der Waals surface area contributed by atoms with E-state index in [0.717, 1.165) is 12.8 Å². The fourth-order valence-corrected chi connectivity index (χ4v) is 2.03. The summed E-state index contributed by atoms with van der Waals surface area (Å²) in [7, 11) is 0. The second-order valence-electron chi connectivity index (χ2n) is 4.21. The van der Waals surface area contributed by atoms with Crippen LogP contribution in [0.5, 0.6) is 5.75 Å². The normalized spacial score (nSPS) is 20.0. The number of rotatable bonds is 2. The Hall–Kier alpha value is -1.16. The molecule has 0 spiro atoms. The lowest BCUT2D eigenvalue weighted by atomic mass is 9.89. The van der Waals surface area contributed by atoms with Gasteiger partial charge in [-0.1, -0.05) is 6.07 Å². The van der Waals surface area contributed by atoms with E-state index < -0.39 is 22.8 Å². The molecular weight excluding hydrogens is 200 g/mol. The van der Waals surface area contributed by atoms with Crippen molar-refractivity contribution < 1.29 is 13.9 Å². The number of aromatic hydroxyl groups is 1. The molecule has 0 aliphatic heterocycles. The predicted octanol–water partition coefficient (Wildman–Crippen LogP) is 2.05. The first-order valence-corrected chi connectivity index (χ1v) is 4.92. The summed E-state index contributed by atoms with van der Waals surface area (Å²) in [4.78, 5) is 0. The second kappa shape index (κ2) is 3.17. The van der Waals surface area contributed by atoms with E-state index in [1.807, 2.05) is 0 Å². The summed E-state index contributed by atoms with van der Waals surface area (Å²) in [6.07, 6.45) is 1.54. The Morgan fingerprint density at radius 3 is 2.40 bits per heavy atom. The van der Waals surface area contributed by atoms with E-state index in [2.05, 4.69) is 0 Å². The van der Waals surface area contributed by atoms with E-state index in [9.17, 15) is 8.78 Å². The summed E-state index contributed by atoms with van der Waals surface area (Å²) in [6.45, 7) is 1.79. The van der Waals surface area contributed by atoms with Crippen LogP contribution in [-0.4, -0.2) is 11.1 Å². The van der Waals surface area contributed by atoms with Gasteiger partial charge in [-0.05, 0) is 31.4 Å². The van der Waals surface area contributed by atoms with Crippen LogP contribution < -0.4 is 5.73 Å². The monoisotopic (exact) mass is 213 g/mol. The maximum Gasteiger partial charge on any atom is 0.200 e. The Kier molecular flexibility index (Phi) is 2.19. The van der Waals surface area contributed by atoms with Gasteiger partial charge in [0.15, 0.2) is 11.6 Å². The van der Waals surface area contributed by atoms with Gasteiger partial charge in [-0.2, -0.15) is 4.39 Å². The summed E-state index contributed by atoms with van der Waals surface area (Å²) in [5, 5.41) is 9.00. The average molecular weight is 213 g/mol. The molecule has 3 N–H and O–H groups in total. The smallest absolute Gasteiger partial charge is 0.200 e. The zero-order chi connectivity index (χ0) is 11.2. The molecule has 1 aliphatic rings. The molecule has 2 rings (SSSR count). The molecule has 1 fully saturated rings. The molecule has 1 unspecified atom stereocenters. The minimum Gasteiger partial charge on any atom is -0.505 e. The molecule has 15 heavy (non-hydrogen) atoms. The third kappa shape index (κ3) is 1.40. The van der Waals surface area contributed by atoms with Gasteiger partial charge in [0.1, 0.15) is 0 Å².